The Morgan fingerprint density at radius 2 is 1.44 bits per heavy atom. The number of rotatable bonds is 42. The number of carboxylic acids is 1. The molecular weight excluding hydrogens is 1240 g/mol. The molecule has 10 N–H and O–H groups in total. The van der Waals surface area contributed by atoms with Crippen LogP contribution in [0, 0.1) is 41.4 Å². The Bertz CT molecular complexity index is 3050. The maximum absolute atomic E-state index is 14.6. The number of carboxylic acid groups (broad SMARTS) is 1. The molecule has 95 heavy (non-hydrogen) atoms. The Balaban J connectivity index is 1.41. The van der Waals surface area contributed by atoms with E-state index in [1.165, 1.54) is 6.92 Å². The number of benzene rings is 2. The molecule has 526 valence electrons. The number of ketones is 3. The molecule has 25 heteroatoms. The van der Waals surface area contributed by atoms with Crippen molar-refractivity contribution >= 4 is 82.1 Å². The fourth-order valence-electron chi connectivity index (χ4n) is 12.0. The number of ether oxygens (including phenoxy) is 2. The highest BCUT2D eigenvalue weighted by atomic mass is 32.1. The zero-order chi connectivity index (χ0) is 70.7. The monoisotopic (exact) mass is 1340 g/mol. The van der Waals surface area contributed by atoms with Gasteiger partial charge < -0.3 is 62.3 Å². The molecule has 0 radical (unpaired) electrons. The van der Waals surface area contributed by atoms with Crippen molar-refractivity contribution in [3.05, 3.63) is 81.3 Å². The Morgan fingerprint density at radius 3 is 2.02 bits per heavy atom. The van der Waals surface area contributed by atoms with Crippen molar-refractivity contribution in [2.24, 2.45) is 52.9 Å². The van der Waals surface area contributed by atoms with Gasteiger partial charge in [0.25, 0.3) is 5.91 Å². The number of alkyl carbamates (subject to hydrolysis) is 1. The van der Waals surface area contributed by atoms with Gasteiger partial charge in [0.05, 0.1) is 23.9 Å². The summed E-state index contributed by atoms with van der Waals surface area (Å²) in [6, 6.07) is 10.9. The smallest absolute Gasteiger partial charge is 0.407 e. The molecule has 0 unspecified atom stereocenters. The number of thiazole rings is 1. The molecule has 2 heterocycles. The van der Waals surface area contributed by atoms with E-state index in [0.29, 0.717) is 60.5 Å². The van der Waals surface area contributed by atoms with Crippen LogP contribution in [0.5, 0.6) is 0 Å². The van der Waals surface area contributed by atoms with Crippen LogP contribution in [0.15, 0.2) is 53.9 Å². The Kier molecular flexibility index (Phi) is 33.1. The molecule has 2 aromatic carbocycles. The molecule has 0 saturated carbocycles. The highest BCUT2D eigenvalue weighted by Gasteiger charge is 2.44. The molecule has 0 aliphatic carbocycles. The first-order valence-electron chi connectivity index (χ1n) is 33.5. The Morgan fingerprint density at radius 1 is 0.800 bits per heavy atom. The van der Waals surface area contributed by atoms with E-state index in [1.54, 1.807) is 93.6 Å². The number of aromatic nitrogens is 1. The number of nitrogens with one attached hydrogen (secondary N) is 5. The number of primary amides is 1. The molecule has 1 saturated heterocycles. The standard InChI is InChI=1S/C70H106N10O14S/c1-13-44(7)54(38-59(83)70(10)29-18-32-79(70)11)66(88)80(12)56(42(3)4)39-58(94-69(92)73-14-2)65-77-55(41-95-65)64(87)76-53(33-45(8)67(89)90)35-47-21-23-48(24-22-47)36-60(84)93-40-49-25-27-52(28-26-49)75-62(85)51(20-17-31-74-68(72)91)37-57(82)61(43(5)6)78-63(86)50(34-46(9)81)19-15-16-30-71/h21-28,41-45,50-51,53-54,56,58,61H,13-20,29-40,71H2,1-12H3,(H,73,92)(H,75,85)(H,76,87)(H,78,86)(H,89,90)(H3,72,74,91)/t44-,45-,50+,51+,53+,54-,56+,58+,61-,70+/m0/s1. The van der Waals surface area contributed by atoms with Crippen LogP contribution in [0.25, 0.3) is 0 Å². The molecule has 0 bridgehead atoms. The van der Waals surface area contributed by atoms with E-state index in [4.69, 9.17) is 20.9 Å². The lowest BCUT2D eigenvalue weighted by Gasteiger charge is -2.38. The van der Waals surface area contributed by atoms with Crippen molar-refractivity contribution in [2.75, 3.05) is 45.6 Å². The van der Waals surface area contributed by atoms with Crippen molar-refractivity contribution in [3.8, 4) is 0 Å². The molecular formula is C70H106N10O14S. The number of nitrogens with two attached hydrogens (primary N) is 2. The van der Waals surface area contributed by atoms with E-state index in [1.807, 2.05) is 41.7 Å². The topological polar surface area (TPSA) is 358 Å². The summed E-state index contributed by atoms with van der Waals surface area (Å²) in [7, 11) is 3.67. The van der Waals surface area contributed by atoms with E-state index in [9.17, 15) is 57.8 Å². The molecule has 1 aliphatic rings. The van der Waals surface area contributed by atoms with E-state index in [-0.39, 0.29) is 118 Å². The number of carbonyl (C=O) groups is 11. The molecule has 1 aliphatic heterocycles. The van der Waals surface area contributed by atoms with Gasteiger partial charge in [0.15, 0.2) is 17.7 Å². The average Bonchev–Trinajstić information content (AvgIpc) is 1.76. The summed E-state index contributed by atoms with van der Waals surface area (Å²) in [5.74, 6) is -7.09. The summed E-state index contributed by atoms with van der Waals surface area (Å²) in [6.07, 6.45) is 3.22. The van der Waals surface area contributed by atoms with Crippen molar-refractivity contribution in [2.45, 2.75) is 202 Å². The summed E-state index contributed by atoms with van der Waals surface area (Å²) in [4.78, 5) is 154. The summed E-state index contributed by atoms with van der Waals surface area (Å²) in [5, 5.41) is 25.6. The second kappa shape index (κ2) is 39.4. The van der Waals surface area contributed by atoms with Crippen LogP contribution >= 0.6 is 11.3 Å². The third kappa shape index (κ3) is 25.8. The lowest BCUT2D eigenvalue weighted by Crippen LogP contribution is -2.50. The van der Waals surface area contributed by atoms with Gasteiger partial charge in [0.2, 0.25) is 17.7 Å². The first kappa shape index (κ1) is 79.8. The number of nitrogens with zero attached hydrogens (tertiary/aromatic N) is 3. The Hall–Kier alpha value is -7.64. The number of likely N-dealkylation sites (N-methyl/N-ethyl adjacent to an activating group) is 1. The number of hydrogen-bond donors (Lipinski definition) is 8. The van der Waals surface area contributed by atoms with Gasteiger partial charge in [0.1, 0.15) is 23.1 Å². The fraction of sp³-hybridized carbons (Fsp3) is 0.629. The lowest BCUT2D eigenvalue weighted by molar-refractivity contribution is -0.144. The number of amides is 7. The number of carbonyl (C=O) groups excluding carboxylic acids is 10. The molecule has 1 fully saturated rings. The van der Waals surface area contributed by atoms with Crippen molar-refractivity contribution < 1.29 is 67.3 Å². The summed E-state index contributed by atoms with van der Waals surface area (Å²) < 4.78 is 11.6. The lowest BCUT2D eigenvalue weighted by atomic mass is 9.80. The largest absolute Gasteiger partial charge is 0.481 e. The fourth-order valence-corrected chi connectivity index (χ4v) is 12.8. The minimum atomic E-state index is -1.05. The van der Waals surface area contributed by atoms with Gasteiger partial charge in [-0.2, -0.15) is 0 Å². The highest BCUT2D eigenvalue weighted by Crippen LogP contribution is 2.36. The number of urea groups is 1. The van der Waals surface area contributed by atoms with E-state index < -0.39 is 95.2 Å². The van der Waals surface area contributed by atoms with Gasteiger partial charge in [-0.05, 0) is 139 Å². The second-order valence-electron chi connectivity index (χ2n) is 26.5. The zero-order valence-electron chi connectivity index (χ0n) is 57.8. The number of aliphatic carboxylic acids is 1. The van der Waals surface area contributed by atoms with Gasteiger partial charge in [-0.1, -0.05) is 97.7 Å². The van der Waals surface area contributed by atoms with Gasteiger partial charge in [-0.25, -0.2) is 14.6 Å². The van der Waals surface area contributed by atoms with Gasteiger partial charge in [-0.3, -0.25) is 43.3 Å². The number of hydrogen-bond acceptors (Lipinski definition) is 17. The summed E-state index contributed by atoms with van der Waals surface area (Å²) >= 11 is 1.12. The predicted molar refractivity (Wildman–Crippen MR) is 364 cm³/mol. The molecule has 10 atom stereocenters. The maximum Gasteiger partial charge on any atom is 0.407 e. The van der Waals surface area contributed by atoms with Crippen LogP contribution in [-0.2, 0) is 67.3 Å². The van der Waals surface area contributed by atoms with Crippen molar-refractivity contribution in [3.63, 3.8) is 0 Å². The molecule has 7 amide bonds. The molecule has 24 nitrogen and oxygen atoms in total. The van der Waals surface area contributed by atoms with Crippen LogP contribution in [0.1, 0.15) is 191 Å². The quantitative estimate of drug-likeness (QED) is 0.0195. The van der Waals surface area contributed by atoms with E-state index in [2.05, 4.69) is 36.5 Å². The Labute approximate surface area is 564 Å². The number of likely N-dealkylation sites (tertiary alicyclic amines) is 1. The van der Waals surface area contributed by atoms with Crippen molar-refractivity contribution in [1.82, 2.24) is 36.1 Å². The minimum Gasteiger partial charge on any atom is -0.481 e. The predicted octanol–water partition coefficient (Wildman–Crippen LogP) is 8.47. The van der Waals surface area contributed by atoms with Crippen LogP contribution < -0.4 is 38.1 Å². The van der Waals surface area contributed by atoms with Crippen molar-refractivity contribution in [1.29, 1.82) is 0 Å². The van der Waals surface area contributed by atoms with Crippen LogP contribution in [0.2, 0.25) is 0 Å². The van der Waals surface area contributed by atoms with Crippen LogP contribution in [0.4, 0.5) is 15.3 Å². The van der Waals surface area contributed by atoms with Gasteiger partial charge in [0, 0.05) is 86.7 Å². The molecule has 1 aromatic heterocycles. The molecule has 0 spiro atoms. The number of Topliss-reactive ketones (excluding diaryl/α,β-unsaturated/α-hetero) is 3. The maximum atomic E-state index is 14.6. The molecule has 4 rings (SSSR count). The first-order valence-corrected chi connectivity index (χ1v) is 34.4. The number of unbranched alkanes of at least 4 members (excludes halogenated alkanes) is 1. The first-order chi connectivity index (χ1) is 44.9. The average molecular weight is 1340 g/mol. The van der Waals surface area contributed by atoms with Crippen LogP contribution in [-0.4, -0.2) is 149 Å². The SMILES string of the molecule is CCNC(=O)O[C@H](C[C@H](C(C)C)N(C)C(=O)[C@@H](CC(=O)[C@@]1(C)CCCN1C)[C@@H](C)CC)c1nc(C(=O)N[C@@H](Cc2ccc(CC(=O)OCc3ccc(NC(=O)[C@H](CCCNC(N)=O)CC(=O)[C@@H](NC(=O)[C@H](CCCCN)CC(C)=O)C(C)C)cc3)cc2)C[C@H](C)C(=O)O)cs1. The zero-order valence-corrected chi connectivity index (χ0v) is 58.7. The van der Waals surface area contributed by atoms with Crippen LogP contribution in [0.3, 0.4) is 0 Å². The van der Waals surface area contributed by atoms with E-state index >= 15 is 0 Å². The van der Waals surface area contributed by atoms with Gasteiger partial charge >= 0.3 is 24.1 Å². The highest BCUT2D eigenvalue weighted by molar-refractivity contribution is 7.09. The van der Waals surface area contributed by atoms with E-state index in [0.717, 1.165) is 36.3 Å². The molecule has 3 aromatic rings. The number of anilines is 1. The second-order valence-corrected chi connectivity index (χ2v) is 27.4. The number of esters is 1. The summed E-state index contributed by atoms with van der Waals surface area (Å²) in [6.45, 7) is 19.8. The third-order valence-electron chi connectivity index (χ3n) is 18.3. The minimum absolute atomic E-state index is 0.0247. The third-order valence-corrected chi connectivity index (χ3v) is 19.2. The van der Waals surface area contributed by atoms with Gasteiger partial charge in [-0.15, -0.1) is 11.3 Å². The summed E-state index contributed by atoms with van der Waals surface area (Å²) in [5.41, 5.74) is 12.7. The normalized spacial score (nSPS) is 16.8.